The molecule has 0 saturated carbocycles. The monoisotopic (exact) mass is 263 g/mol. The number of hydrogen-bond acceptors (Lipinski definition) is 5. The Kier molecular flexibility index (Phi) is 4.66. The van der Waals surface area contributed by atoms with E-state index in [-0.39, 0.29) is 0 Å². The molecule has 0 amide bonds. The van der Waals surface area contributed by atoms with Crippen molar-refractivity contribution < 1.29 is 4.74 Å². The van der Waals surface area contributed by atoms with E-state index in [1.54, 1.807) is 11.3 Å². The number of nitrogens with zero attached hydrogens (tertiary/aromatic N) is 2. The van der Waals surface area contributed by atoms with Gasteiger partial charge in [-0.05, 0) is 25.0 Å². The molecule has 0 atom stereocenters. The number of nitrogens with one attached hydrogen (secondary N) is 1. The third kappa shape index (κ3) is 3.51. The molecule has 0 bridgehead atoms. The number of aryl methyl sites for hydroxylation is 1. The Labute approximate surface area is 111 Å². The first-order valence-electron chi connectivity index (χ1n) is 5.98. The third-order valence-electron chi connectivity index (χ3n) is 2.54. The maximum Gasteiger partial charge on any atom is 0.205 e. The predicted molar refractivity (Wildman–Crippen MR) is 73.7 cm³/mol. The minimum atomic E-state index is 0.656. The molecule has 0 aliphatic rings. The second kappa shape index (κ2) is 6.47. The van der Waals surface area contributed by atoms with Crippen LogP contribution in [0.15, 0.2) is 24.3 Å². The zero-order chi connectivity index (χ0) is 12.8. The van der Waals surface area contributed by atoms with E-state index in [2.05, 4.69) is 27.6 Å². The average molecular weight is 263 g/mol. The number of benzene rings is 1. The average Bonchev–Trinajstić information content (AvgIpc) is 2.81. The molecule has 0 aliphatic heterocycles. The molecular formula is C13H17N3OS. The molecule has 4 nitrogen and oxygen atoms in total. The summed E-state index contributed by atoms with van der Waals surface area (Å²) in [6.07, 6.45) is 0. The van der Waals surface area contributed by atoms with Crippen LogP contribution in [0.1, 0.15) is 23.1 Å². The smallest absolute Gasteiger partial charge is 0.205 e. The summed E-state index contributed by atoms with van der Waals surface area (Å²) in [5, 5.41) is 13.2. The molecule has 18 heavy (non-hydrogen) atoms. The van der Waals surface area contributed by atoms with Crippen molar-refractivity contribution in [1.82, 2.24) is 10.2 Å². The maximum absolute atomic E-state index is 5.46. The molecular weight excluding hydrogens is 246 g/mol. The summed E-state index contributed by atoms with van der Waals surface area (Å²) in [4.78, 5) is 0. The van der Waals surface area contributed by atoms with Gasteiger partial charge < -0.3 is 10.1 Å². The fourth-order valence-corrected chi connectivity index (χ4v) is 2.21. The molecule has 0 aliphatic carbocycles. The summed E-state index contributed by atoms with van der Waals surface area (Å²) in [5.74, 6) is 0. The van der Waals surface area contributed by atoms with E-state index in [9.17, 15) is 0 Å². The van der Waals surface area contributed by atoms with Crippen LogP contribution in [0.2, 0.25) is 0 Å². The molecule has 0 spiro atoms. The van der Waals surface area contributed by atoms with Crippen molar-refractivity contribution in [3.8, 4) is 0 Å². The Morgan fingerprint density at radius 2 is 2.00 bits per heavy atom. The van der Waals surface area contributed by atoms with Gasteiger partial charge in [-0.15, -0.1) is 10.2 Å². The van der Waals surface area contributed by atoms with Crippen LogP contribution in [0.3, 0.4) is 0 Å². The first-order chi connectivity index (χ1) is 8.79. The highest BCUT2D eigenvalue weighted by Gasteiger charge is 2.03. The van der Waals surface area contributed by atoms with Crippen molar-refractivity contribution >= 4 is 16.5 Å². The molecule has 5 heteroatoms. The number of rotatable bonds is 6. The first kappa shape index (κ1) is 13.0. The van der Waals surface area contributed by atoms with E-state index in [1.807, 2.05) is 26.0 Å². The van der Waals surface area contributed by atoms with Crippen LogP contribution < -0.4 is 5.32 Å². The first-order valence-corrected chi connectivity index (χ1v) is 6.79. The van der Waals surface area contributed by atoms with Gasteiger partial charge in [-0.1, -0.05) is 35.6 Å². The van der Waals surface area contributed by atoms with Gasteiger partial charge in [-0.25, -0.2) is 0 Å². The lowest BCUT2D eigenvalue weighted by molar-refractivity contribution is 0.133. The predicted octanol–water partition coefficient (Wildman–Crippen LogP) is 3.00. The van der Waals surface area contributed by atoms with Gasteiger partial charge in [0.2, 0.25) is 5.13 Å². The van der Waals surface area contributed by atoms with Gasteiger partial charge >= 0.3 is 0 Å². The fraction of sp³-hybridized carbons (Fsp3) is 0.385. The summed E-state index contributed by atoms with van der Waals surface area (Å²) in [5.41, 5.74) is 2.45. The van der Waals surface area contributed by atoms with Crippen molar-refractivity contribution in [3.05, 3.63) is 40.4 Å². The topological polar surface area (TPSA) is 47.0 Å². The van der Waals surface area contributed by atoms with Crippen LogP contribution in [0.25, 0.3) is 0 Å². The van der Waals surface area contributed by atoms with Gasteiger partial charge in [0, 0.05) is 13.2 Å². The molecule has 96 valence electrons. The van der Waals surface area contributed by atoms with Crippen LogP contribution in [0, 0.1) is 6.92 Å². The Balaban J connectivity index is 1.99. The van der Waals surface area contributed by atoms with Gasteiger partial charge in [-0.2, -0.15) is 0 Å². The lowest BCUT2D eigenvalue weighted by Crippen LogP contribution is -2.04. The molecule has 0 saturated heterocycles. The lowest BCUT2D eigenvalue weighted by atomic mass is 10.1. The summed E-state index contributed by atoms with van der Waals surface area (Å²) < 4.78 is 5.46. The summed E-state index contributed by atoms with van der Waals surface area (Å²) in [6.45, 7) is 6.09. The summed E-state index contributed by atoms with van der Waals surface area (Å²) in [7, 11) is 0. The van der Waals surface area contributed by atoms with Crippen LogP contribution in [-0.2, 0) is 17.9 Å². The Morgan fingerprint density at radius 3 is 2.67 bits per heavy atom. The standard InChI is InChI=1S/C13H17N3OS/c1-3-17-9-12-7-5-4-6-11(12)8-14-13-16-15-10(2)18-13/h4-7H,3,8-9H2,1-2H3,(H,14,16). The maximum atomic E-state index is 5.46. The van der Waals surface area contributed by atoms with Gasteiger partial charge in [0.25, 0.3) is 0 Å². The van der Waals surface area contributed by atoms with Crippen molar-refractivity contribution in [3.63, 3.8) is 0 Å². The number of aromatic nitrogens is 2. The SMILES string of the molecule is CCOCc1ccccc1CNc1nnc(C)s1. The highest BCUT2D eigenvalue weighted by molar-refractivity contribution is 7.15. The molecule has 0 radical (unpaired) electrons. The van der Waals surface area contributed by atoms with Gasteiger partial charge in [0.05, 0.1) is 6.61 Å². The van der Waals surface area contributed by atoms with Crippen LogP contribution >= 0.6 is 11.3 Å². The minimum absolute atomic E-state index is 0.656. The Bertz CT molecular complexity index is 498. The molecule has 2 aromatic rings. The molecule has 0 unspecified atom stereocenters. The van der Waals surface area contributed by atoms with Crippen molar-refractivity contribution in [1.29, 1.82) is 0 Å². The Morgan fingerprint density at radius 1 is 1.22 bits per heavy atom. The largest absolute Gasteiger partial charge is 0.377 e. The quantitative estimate of drug-likeness (QED) is 0.870. The molecule has 1 heterocycles. The number of anilines is 1. The highest BCUT2D eigenvalue weighted by atomic mass is 32.1. The van der Waals surface area contributed by atoms with Gasteiger partial charge in [0.1, 0.15) is 5.01 Å². The van der Waals surface area contributed by atoms with Crippen LogP contribution in [0.5, 0.6) is 0 Å². The van der Waals surface area contributed by atoms with E-state index in [4.69, 9.17) is 4.74 Å². The fourth-order valence-electron chi connectivity index (χ4n) is 1.62. The molecule has 2 rings (SSSR count). The minimum Gasteiger partial charge on any atom is -0.377 e. The highest BCUT2D eigenvalue weighted by Crippen LogP contribution is 2.16. The van der Waals surface area contributed by atoms with Crippen LogP contribution in [-0.4, -0.2) is 16.8 Å². The van der Waals surface area contributed by atoms with Gasteiger partial charge in [-0.3, -0.25) is 0 Å². The number of hydrogen-bond donors (Lipinski definition) is 1. The Hall–Kier alpha value is -1.46. The van der Waals surface area contributed by atoms with E-state index in [0.717, 1.165) is 23.3 Å². The third-order valence-corrected chi connectivity index (χ3v) is 3.33. The second-order valence-corrected chi connectivity index (χ2v) is 5.07. The second-order valence-electron chi connectivity index (χ2n) is 3.89. The van der Waals surface area contributed by atoms with Gasteiger partial charge in [0.15, 0.2) is 0 Å². The molecule has 1 aromatic heterocycles. The lowest BCUT2D eigenvalue weighted by Gasteiger charge is -2.09. The van der Waals surface area contributed by atoms with Crippen molar-refractivity contribution in [2.45, 2.75) is 27.0 Å². The van der Waals surface area contributed by atoms with E-state index >= 15 is 0 Å². The van der Waals surface area contributed by atoms with Crippen LogP contribution in [0.4, 0.5) is 5.13 Å². The summed E-state index contributed by atoms with van der Waals surface area (Å²) >= 11 is 1.57. The normalized spacial score (nSPS) is 10.6. The number of ether oxygens (including phenoxy) is 1. The van der Waals surface area contributed by atoms with Crippen molar-refractivity contribution in [2.24, 2.45) is 0 Å². The van der Waals surface area contributed by atoms with E-state index < -0.39 is 0 Å². The molecule has 0 fully saturated rings. The zero-order valence-electron chi connectivity index (χ0n) is 10.6. The van der Waals surface area contributed by atoms with Crippen molar-refractivity contribution in [2.75, 3.05) is 11.9 Å². The molecule has 1 aromatic carbocycles. The summed E-state index contributed by atoms with van der Waals surface area (Å²) in [6, 6.07) is 8.28. The van der Waals surface area contributed by atoms with E-state index in [1.165, 1.54) is 11.1 Å². The molecule has 1 N–H and O–H groups in total. The van der Waals surface area contributed by atoms with E-state index in [0.29, 0.717) is 6.61 Å². The zero-order valence-corrected chi connectivity index (χ0v) is 11.5.